The maximum absolute atomic E-state index is 11.2. The zero-order chi connectivity index (χ0) is 21.5. The van der Waals surface area contributed by atoms with E-state index in [2.05, 4.69) is 26.5 Å². The van der Waals surface area contributed by atoms with Crippen molar-refractivity contribution in [1.29, 1.82) is 5.26 Å². The smallest absolute Gasteiger partial charge is 0.410 e. The van der Waals surface area contributed by atoms with Crippen LogP contribution in [-0.2, 0) is 15.9 Å². The third-order valence-corrected chi connectivity index (χ3v) is 5.53. The predicted octanol–water partition coefficient (Wildman–Crippen LogP) is 3.24. The SMILES string of the molecule is COC(Cc1c(NC(=O)O)ncnc1-c1cnn([C@H](CC#N)C2CCCC2)c1)OC. The topological polar surface area (TPSA) is 135 Å². The van der Waals surface area contributed by atoms with Crippen LogP contribution in [-0.4, -0.2) is 51.5 Å². The third-order valence-electron chi connectivity index (χ3n) is 5.53. The number of aromatic nitrogens is 4. The second-order valence-corrected chi connectivity index (χ2v) is 7.27. The molecule has 2 heterocycles. The number of carbonyl (C=O) groups is 1. The summed E-state index contributed by atoms with van der Waals surface area (Å²) in [4.78, 5) is 19.7. The van der Waals surface area contributed by atoms with E-state index >= 15 is 0 Å². The Labute approximate surface area is 174 Å². The van der Waals surface area contributed by atoms with Crippen molar-refractivity contribution in [1.82, 2.24) is 19.7 Å². The fourth-order valence-corrected chi connectivity index (χ4v) is 4.05. The highest BCUT2D eigenvalue weighted by Gasteiger charge is 2.28. The summed E-state index contributed by atoms with van der Waals surface area (Å²) in [7, 11) is 3.02. The van der Waals surface area contributed by atoms with E-state index in [0.717, 1.165) is 12.8 Å². The highest BCUT2D eigenvalue weighted by Crippen LogP contribution is 2.37. The van der Waals surface area contributed by atoms with Crippen molar-refractivity contribution in [2.75, 3.05) is 19.5 Å². The van der Waals surface area contributed by atoms with E-state index in [0.29, 0.717) is 29.2 Å². The lowest BCUT2D eigenvalue weighted by Gasteiger charge is -2.21. The fraction of sp³-hybridized carbons (Fsp3) is 0.550. The molecule has 10 heteroatoms. The molecule has 1 fully saturated rings. The van der Waals surface area contributed by atoms with E-state index in [1.165, 1.54) is 33.4 Å². The quantitative estimate of drug-likeness (QED) is 0.597. The van der Waals surface area contributed by atoms with Crippen molar-refractivity contribution in [3.63, 3.8) is 0 Å². The zero-order valence-corrected chi connectivity index (χ0v) is 17.1. The van der Waals surface area contributed by atoms with Crippen LogP contribution in [0.2, 0.25) is 0 Å². The second kappa shape index (κ2) is 10.1. The Kier molecular flexibility index (Phi) is 7.32. The monoisotopic (exact) mass is 414 g/mol. The number of anilines is 1. The molecular weight excluding hydrogens is 388 g/mol. The Bertz CT molecular complexity index is 899. The Hall–Kier alpha value is -3.03. The Morgan fingerprint density at radius 3 is 2.73 bits per heavy atom. The lowest BCUT2D eigenvalue weighted by Crippen LogP contribution is -2.20. The van der Waals surface area contributed by atoms with Crippen LogP contribution < -0.4 is 5.32 Å². The van der Waals surface area contributed by atoms with Gasteiger partial charge in [0.1, 0.15) is 12.1 Å². The van der Waals surface area contributed by atoms with Crippen molar-refractivity contribution in [3.8, 4) is 17.3 Å². The minimum Gasteiger partial charge on any atom is -0.465 e. The Morgan fingerprint density at radius 2 is 2.10 bits per heavy atom. The van der Waals surface area contributed by atoms with Crippen LogP contribution in [0.25, 0.3) is 11.3 Å². The minimum absolute atomic E-state index is 0.0128. The van der Waals surface area contributed by atoms with Crippen LogP contribution in [0, 0.1) is 17.2 Å². The van der Waals surface area contributed by atoms with Gasteiger partial charge in [0.25, 0.3) is 0 Å². The molecule has 0 bridgehead atoms. The second-order valence-electron chi connectivity index (χ2n) is 7.27. The van der Waals surface area contributed by atoms with E-state index in [1.807, 2.05) is 10.9 Å². The molecule has 1 saturated carbocycles. The van der Waals surface area contributed by atoms with E-state index in [1.54, 1.807) is 6.20 Å². The highest BCUT2D eigenvalue weighted by atomic mass is 16.7. The average molecular weight is 414 g/mol. The van der Waals surface area contributed by atoms with Crippen molar-refractivity contribution in [2.45, 2.75) is 50.9 Å². The predicted molar refractivity (Wildman–Crippen MR) is 108 cm³/mol. The molecule has 1 amide bonds. The number of nitrogens with one attached hydrogen (secondary N) is 1. The maximum Gasteiger partial charge on any atom is 0.410 e. The molecular formula is C20H26N6O4. The Balaban J connectivity index is 1.98. The van der Waals surface area contributed by atoms with Crippen molar-refractivity contribution in [3.05, 3.63) is 24.3 Å². The number of amides is 1. The van der Waals surface area contributed by atoms with Gasteiger partial charge in [-0.05, 0) is 18.8 Å². The largest absolute Gasteiger partial charge is 0.465 e. The first kappa shape index (κ1) is 21.7. The number of methoxy groups -OCH3 is 2. The van der Waals surface area contributed by atoms with Gasteiger partial charge in [-0.3, -0.25) is 10.00 Å². The first-order chi connectivity index (χ1) is 14.6. The number of nitrogens with zero attached hydrogens (tertiary/aromatic N) is 5. The Morgan fingerprint density at radius 1 is 1.37 bits per heavy atom. The molecule has 1 aliphatic carbocycles. The molecule has 160 valence electrons. The molecule has 0 radical (unpaired) electrons. The van der Waals surface area contributed by atoms with E-state index < -0.39 is 12.4 Å². The van der Waals surface area contributed by atoms with Gasteiger partial charge in [-0.25, -0.2) is 14.8 Å². The highest BCUT2D eigenvalue weighted by molar-refractivity contribution is 5.84. The van der Waals surface area contributed by atoms with Gasteiger partial charge in [-0.15, -0.1) is 0 Å². The van der Waals surface area contributed by atoms with Gasteiger partial charge in [0, 0.05) is 38.0 Å². The standard InChI is InChI=1S/C20H26N6O4/c1-29-17(30-2)9-15-18(22-12-23-19(15)25-20(27)28)14-10-24-26(11-14)16(7-8-21)13-5-3-4-6-13/h10-13,16-17H,3-7,9H2,1-2H3,(H,27,28)(H,22,23,25)/t16-/m1/s1. The zero-order valence-electron chi connectivity index (χ0n) is 17.1. The first-order valence-corrected chi connectivity index (χ1v) is 9.88. The molecule has 0 unspecified atom stereocenters. The molecule has 0 aliphatic heterocycles. The summed E-state index contributed by atoms with van der Waals surface area (Å²) < 4.78 is 12.4. The lowest BCUT2D eigenvalue weighted by atomic mass is 9.96. The van der Waals surface area contributed by atoms with Gasteiger partial charge >= 0.3 is 6.09 Å². The van der Waals surface area contributed by atoms with Crippen LogP contribution in [0.5, 0.6) is 0 Å². The van der Waals surface area contributed by atoms with E-state index in [-0.39, 0.29) is 18.3 Å². The molecule has 3 rings (SSSR count). The fourth-order valence-electron chi connectivity index (χ4n) is 4.05. The van der Waals surface area contributed by atoms with Crippen molar-refractivity contribution >= 4 is 11.9 Å². The summed E-state index contributed by atoms with van der Waals surface area (Å²) in [5.74, 6) is 0.599. The molecule has 2 aromatic rings. The molecule has 10 nitrogen and oxygen atoms in total. The van der Waals surface area contributed by atoms with E-state index in [9.17, 15) is 15.2 Å². The van der Waals surface area contributed by atoms with Crippen molar-refractivity contribution in [2.24, 2.45) is 5.92 Å². The van der Waals surface area contributed by atoms with Crippen LogP contribution in [0.4, 0.5) is 10.6 Å². The summed E-state index contributed by atoms with van der Waals surface area (Å²) in [6, 6.07) is 2.29. The third kappa shape index (κ3) is 4.93. The number of nitriles is 1. The summed E-state index contributed by atoms with van der Waals surface area (Å²) in [6.45, 7) is 0. The van der Waals surface area contributed by atoms with E-state index in [4.69, 9.17) is 9.47 Å². The number of carboxylic acid groups (broad SMARTS) is 1. The van der Waals surface area contributed by atoms with Crippen LogP contribution in [0.15, 0.2) is 18.7 Å². The number of rotatable bonds is 9. The molecule has 0 aromatic carbocycles. The van der Waals surface area contributed by atoms with Gasteiger partial charge in [-0.1, -0.05) is 12.8 Å². The molecule has 2 aromatic heterocycles. The maximum atomic E-state index is 11.2. The number of hydrogen-bond donors (Lipinski definition) is 2. The summed E-state index contributed by atoms with van der Waals surface area (Å²) in [5.41, 5.74) is 1.81. The van der Waals surface area contributed by atoms with Crippen LogP contribution in [0.1, 0.15) is 43.7 Å². The average Bonchev–Trinajstić information content (AvgIpc) is 3.43. The summed E-state index contributed by atoms with van der Waals surface area (Å²) in [5, 5.41) is 25.3. The van der Waals surface area contributed by atoms with Crippen LogP contribution in [0.3, 0.4) is 0 Å². The lowest BCUT2D eigenvalue weighted by molar-refractivity contribution is -0.100. The van der Waals surface area contributed by atoms with Crippen molar-refractivity contribution < 1.29 is 19.4 Å². The normalized spacial score (nSPS) is 15.3. The summed E-state index contributed by atoms with van der Waals surface area (Å²) in [6.07, 6.45) is 8.22. The van der Waals surface area contributed by atoms with Gasteiger partial charge in [-0.2, -0.15) is 10.4 Å². The van der Waals surface area contributed by atoms with Gasteiger partial charge in [0.15, 0.2) is 6.29 Å². The first-order valence-electron chi connectivity index (χ1n) is 9.88. The molecule has 0 spiro atoms. The van der Waals surface area contributed by atoms with Gasteiger partial charge in [0.05, 0.1) is 30.4 Å². The van der Waals surface area contributed by atoms with Gasteiger partial charge in [0.2, 0.25) is 0 Å². The number of ether oxygens (including phenoxy) is 2. The summed E-state index contributed by atoms with van der Waals surface area (Å²) >= 11 is 0. The molecule has 1 aliphatic rings. The van der Waals surface area contributed by atoms with Crippen LogP contribution >= 0.6 is 0 Å². The molecule has 30 heavy (non-hydrogen) atoms. The number of hydrogen-bond acceptors (Lipinski definition) is 7. The molecule has 2 N–H and O–H groups in total. The van der Waals surface area contributed by atoms with Gasteiger partial charge < -0.3 is 14.6 Å². The molecule has 1 atom stereocenters. The minimum atomic E-state index is -1.22. The molecule has 0 saturated heterocycles.